The van der Waals surface area contributed by atoms with Gasteiger partial charge in [0.2, 0.25) is 5.89 Å². The number of hydrogen-bond acceptors (Lipinski definition) is 6. The van der Waals surface area contributed by atoms with Gasteiger partial charge in [0.25, 0.3) is 0 Å². The maximum absolute atomic E-state index is 5.87. The van der Waals surface area contributed by atoms with Crippen LogP contribution in [0.2, 0.25) is 0 Å². The largest absolute Gasteiger partial charge is 0.493 e. The third-order valence-electron chi connectivity index (χ3n) is 4.11. The Bertz CT molecular complexity index is 663. The van der Waals surface area contributed by atoms with Crippen LogP contribution in [0.3, 0.4) is 0 Å². The molecular formula is C17H23N3O3. The van der Waals surface area contributed by atoms with Crippen LogP contribution in [0, 0.1) is 6.92 Å². The molecule has 1 aromatic carbocycles. The summed E-state index contributed by atoms with van der Waals surface area (Å²) in [4.78, 5) is 7.07. The Labute approximate surface area is 136 Å². The van der Waals surface area contributed by atoms with Crippen LogP contribution in [0.25, 0.3) is 11.5 Å². The van der Waals surface area contributed by atoms with E-state index < -0.39 is 0 Å². The quantitative estimate of drug-likeness (QED) is 0.911. The molecule has 0 atom stereocenters. The number of piperazine rings is 1. The van der Waals surface area contributed by atoms with Gasteiger partial charge in [-0.2, -0.15) is 0 Å². The van der Waals surface area contributed by atoms with Gasteiger partial charge in [-0.3, -0.25) is 4.90 Å². The summed E-state index contributed by atoms with van der Waals surface area (Å²) < 4.78 is 16.5. The smallest absolute Gasteiger partial charge is 0.226 e. The minimum absolute atomic E-state index is 0.619. The maximum atomic E-state index is 5.87. The van der Waals surface area contributed by atoms with Crippen LogP contribution in [0.4, 0.5) is 0 Å². The van der Waals surface area contributed by atoms with Crippen molar-refractivity contribution in [2.45, 2.75) is 13.5 Å². The summed E-state index contributed by atoms with van der Waals surface area (Å²) in [5, 5.41) is 3.36. The van der Waals surface area contributed by atoms with Gasteiger partial charge in [0.1, 0.15) is 5.76 Å². The average molecular weight is 317 g/mol. The lowest BCUT2D eigenvalue weighted by Crippen LogP contribution is -2.43. The fourth-order valence-electron chi connectivity index (χ4n) is 2.75. The molecule has 0 aliphatic carbocycles. The van der Waals surface area contributed by atoms with Crippen molar-refractivity contribution < 1.29 is 13.9 Å². The van der Waals surface area contributed by atoms with Gasteiger partial charge in [-0.15, -0.1) is 0 Å². The zero-order valence-corrected chi connectivity index (χ0v) is 13.9. The van der Waals surface area contributed by atoms with Crippen molar-refractivity contribution in [3.63, 3.8) is 0 Å². The SMILES string of the molecule is COc1ccc(-c2nc(CN3CCNCC3)c(C)o2)cc1OC. The number of benzene rings is 1. The first-order valence-corrected chi connectivity index (χ1v) is 7.83. The van der Waals surface area contributed by atoms with Crippen LogP contribution in [0.1, 0.15) is 11.5 Å². The zero-order chi connectivity index (χ0) is 16.2. The summed E-state index contributed by atoms with van der Waals surface area (Å²) in [5.41, 5.74) is 1.88. The van der Waals surface area contributed by atoms with Gasteiger partial charge in [-0.1, -0.05) is 0 Å². The summed E-state index contributed by atoms with van der Waals surface area (Å²) in [7, 11) is 3.25. The highest BCUT2D eigenvalue weighted by atomic mass is 16.5. The first-order chi connectivity index (χ1) is 11.2. The third kappa shape index (κ3) is 3.48. The predicted octanol–water partition coefficient (Wildman–Crippen LogP) is 2.07. The van der Waals surface area contributed by atoms with Gasteiger partial charge < -0.3 is 19.2 Å². The molecule has 1 N–H and O–H groups in total. The first-order valence-electron chi connectivity index (χ1n) is 7.83. The van der Waals surface area contributed by atoms with E-state index in [0.717, 1.165) is 49.7 Å². The van der Waals surface area contributed by atoms with Crippen LogP contribution in [0.15, 0.2) is 22.6 Å². The molecule has 1 aliphatic heterocycles. The summed E-state index contributed by atoms with van der Waals surface area (Å²) in [6.07, 6.45) is 0. The number of methoxy groups -OCH3 is 2. The lowest BCUT2D eigenvalue weighted by atomic mass is 10.2. The van der Waals surface area contributed by atoms with E-state index in [-0.39, 0.29) is 0 Å². The standard InChI is InChI=1S/C17H23N3O3/c1-12-14(11-20-8-6-18-7-9-20)19-17(23-12)13-4-5-15(21-2)16(10-13)22-3/h4-5,10,18H,6-9,11H2,1-3H3. The summed E-state index contributed by atoms with van der Waals surface area (Å²) in [5.74, 6) is 2.85. The molecule has 1 aliphatic rings. The van der Waals surface area contributed by atoms with E-state index in [1.165, 1.54) is 0 Å². The number of oxazole rings is 1. The molecule has 1 fully saturated rings. The Hall–Kier alpha value is -2.05. The number of nitrogens with zero attached hydrogens (tertiary/aromatic N) is 2. The molecule has 2 heterocycles. The second kappa shape index (κ2) is 7.02. The molecule has 0 spiro atoms. The van der Waals surface area contributed by atoms with Crippen LogP contribution in [-0.2, 0) is 6.54 Å². The normalized spacial score (nSPS) is 15.6. The van der Waals surface area contributed by atoms with Crippen LogP contribution in [0.5, 0.6) is 11.5 Å². The van der Waals surface area contributed by atoms with Crippen LogP contribution >= 0.6 is 0 Å². The molecule has 1 aromatic heterocycles. The molecule has 0 radical (unpaired) electrons. The minimum atomic E-state index is 0.619. The van der Waals surface area contributed by atoms with Gasteiger partial charge in [0.05, 0.1) is 19.9 Å². The average Bonchev–Trinajstić information content (AvgIpc) is 2.96. The highest BCUT2D eigenvalue weighted by molar-refractivity contribution is 5.60. The second-order valence-corrected chi connectivity index (χ2v) is 5.62. The van der Waals surface area contributed by atoms with Crippen molar-refractivity contribution in [1.82, 2.24) is 15.2 Å². The van der Waals surface area contributed by atoms with E-state index in [1.54, 1.807) is 14.2 Å². The number of rotatable bonds is 5. The Morgan fingerprint density at radius 2 is 1.91 bits per heavy atom. The molecule has 3 rings (SSSR count). The topological polar surface area (TPSA) is 59.8 Å². The molecule has 1 saturated heterocycles. The van der Waals surface area contributed by atoms with E-state index in [4.69, 9.17) is 13.9 Å². The van der Waals surface area contributed by atoms with Gasteiger partial charge in [-0.25, -0.2) is 4.98 Å². The molecule has 23 heavy (non-hydrogen) atoms. The Morgan fingerprint density at radius 3 is 2.61 bits per heavy atom. The highest BCUT2D eigenvalue weighted by Gasteiger charge is 2.17. The molecule has 6 heteroatoms. The molecule has 0 amide bonds. The summed E-state index contributed by atoms with van der Waals surface area (Å²) in [6.45, 7) is 6.92. The van der Waals surface area contributed by atoms with Gasteiger partial charge in [0, 0.05) is 38.3 Å². The highest BCUT2D eigenvalue weighted by Crippen LogP contribution is 2.32. The van der Waals surface area contributed by atoms with Crippen molar-refractivity contribution in [3.8, 4) is 23.0 Å². The Morgan fingerprint density at radius 1 is 1.17 bits per heavy atom. The fourth-order valence-corrected chi connectivity index (χ4v) is 2.75. The van der Waals surface area contributed by atoms with Crippen molar-refractivity contribution in [1.29, 1.82) is 0 Å². The zero-order valence-electron chi connectivity index (χ0n) is 13.9. The van der Waals surface area contributed by atoms with E-state index in [2.05, 4.69) is 15.2 Å². The maximum Gasteiger partial charge on any atom is 0.226 e. The number of aryl methyl sites for hydroxylation is 1. The van der Waals surface area contributed by atoms with E-state index in [0.29, 0.717) is 17.4 Å². The predicted molar refractivity (Wildman–Crippen MR) is 87.9 cm³/mol. The first kappa shape index (κ1) is 15.8. The number of nitrogens with one attached hydrogen (secondary N) is 1. The molecule has 0 saturated carbocycles. The van der Waals surface area contributed by atoms with Crippen molar-refractivity contribution in [3.05, 3.63) is 29.7 Å². The molecule has 124 valence electrons. The van der Waals surface area contributed by atoms with E-state index in [1.807, 2.05) is 25.1 Å². The summed E-state index contributed by atoms with van der Waals surface area (Å²) >= 11 is 0. The lowest BCUT2D eigenvalue weighted by molar-refractivity contribution is 0.230. The van der Waals surface area contributed by atoms with Crippen LogP contribution < -0.4 is 14.8 Å². The minimum Gasteiger partial charge on any atom is -0.493 e. The fraction of sp³-hybridized carbons (Fsp3) is 0.471. The van der Waals surface area contributed by atoms with Gasteiger partial charge >= 0.3 is 0 Å². The van der Waals surface area contributed by atoms with E-state index >= 15 is 0 Å². The molecule has 0 bridgehead atoms. The van der Waals surface area contributed by atoms with E-state index in [9.17, 15) is 0 Å². The van der Waals surface area contributed by atoms with Crippen LogP contribution in [-0.4, -0.2) is 50.3 Å². The second-order valence-electron chi connectivity index (χ2n) is 5.62. The Balaban J connectivity index is 1.82. The third-order valence-corrected chi connectivity index (χ3v) is 4.11. The van der Waals surface area contributed by atoms with Crippen molar-refractivity contribution >= 4 is 0 Å². The Kier molecular flexibility index (Phi) is 4.83. The van der Waals surface area contributed by atoms with Crippen molar-refractivity contribution in [2.24, 2.45) is 0 Å². The number of hydrogen-bond donors (Lipinski definition) is 1. The number of ether oxygens (including phenoxy) is 2. The van der Waals surface area contributed by atoms with Gasteiger partial charge in [0.15, 0.2) is 11.5 Å². The lowest BCUT2D eigenvalue weighted by Gasteiger charge is -2.26. The molecule has 6 nitrogen and oxygen atoms in total. The molecule has 2 aromatic rings. The summed E-state index contributed by atoms with van der Waals surface area (Å²) in [6, 6.07) is 5.68. The van der Waals surface area contributed by atoms with Gasteiger partial charge in [-0.05, 0) is 25.1 Å². The monoisotopic (exact) mass is 317 g/mol. The number of aromatic nitrogens is 1. The molecule has 0 unspecified atom stereocenters. The molecular weight excluding hydrogens is 294 g/mol. The van der Waals surface area contributed by atoms with Crippen molar-refractivity contribution in [2.75, 3.05) is 40.4 Å².